The van der Waals surface area contributed by atoms with Gasteiger partial charge >= 0.3 is 0 Å². The Morgan fingerprint density at radius 3 is 2.62 bits per heavy atom. The molecule has 1 N–H and O–H groups in total. The number of carbonyl (C=O) groups is 1. The van der Waals surface area contributed by atoms with Crippen LogP contribution >= 0.6 is 0 Å². The third-order valence-electron chi connectivity index (χ3n) is 6.75. The summed E-state index contributed by atoms with van der Waals surface area (Å²) < 4.78 is 5.56. The second-order valence-electron chi connectivity index (χ2n) is 8.57. The number of hydrogen-bond donors (Lipinski definition) is 1. The van der Waals surface area contributed by atoms with E-state index >= 15 is 0 Å². The molecule has 4 nitrogen and oxygen atoms in total. The molecular formula is C25H28N2O2. The van der Waals surface area contributed by atoms with E-state index in [1.54, 1.807) is 7.11 Å². The second kappa shape index (κ2) is 7.68. The van der Waals surface area contributed by atoms with Gasteiger partial charge in [0.2, 0.25) is 0 Å². The van der Waals surface area contributed by atoms with Crippen molar-refractivity contribution in [3.8, 4) is 5.75 Å². The van der Waals surface area contributed by atoms with Gasteiger partial charge in [0.1, 0.15) is 5.75 Å². The molecule has 150 valence electrons. The van der Waals surface area contributed by atoms with Crippen LogP contribution in [0.3, 0.4) is 0 Å². The zero-order valence-electron chi connectivity index (χ0n) is 17.0. The number of rotatable bonds is 5. The summed E-state index contributed by atoms with van der Waals surface area (Å²) in [6, 6.07) is 16.7. The minimum atomic E-state index is 0.122. The van der Waals surface area contributed by atoms with E-state index in [4.69, 9.17) is 4.74 Å². The largest absolute Gasteiger partial charge is 0.496 e. The van der Waals surface area contributed by atoms with Crippen LogP contribution in [0.4, 0.5) is 0 Å². The van der Waals surface area contributed by atoms with E-state index in [0.29, 0.717) is 11.7 Å². The molecule has 1 aliphatic heterocycles. The lowest BCUT2D eigenvalue weighted by molar-refractivity contribution is 0.0892. The maximum Gasteiger partial charge on any atom is 0.182 e. The Labute approximate surface area is 171 Å². The average Bonchev–Trinajstić information content (AvgIpc) is 3.27. The molecule has 2 aromatic carbocycles. The van der Waals surface area contributed by atoms with Crippen LogP contribution in [0, 0.1) is 11.8 Å². The first-order valence-electron chi connectivity index (χ1n) is 10.7. The van der Waals surface area contributed by atoms with E-state index in [1.165, 1.54) is 18.4 Å². The van der Waals surface area contributed by atoms with E-state index in [2.05, 4.69) is 40.2 Å². The standard InChI is InChI=1S/C25H28N2O2/c1-29-22-9-5-8-21-23(22)20-15-19(25(28)24(20)26-21)14-17-10-12-27(13-11-17)16-18-6-3-2-4-7-18/h2-9,17,19,26H,10-16H2,1H3. The Morgan fingerprint density at radius 1 is 1.07 bits per heavy atom. The van der Waals surface area contributed by atoms with Crippen LogP contribution in [0.5, 0.6) is 5.75 Å². The average molecular weight is 389 g/mol. The van der Waals surface area contributed by atoms with Gasteiger partial charge in [0.05, 0.1) is 12.8 Å². The number of methoxy groups -OCH3 is 1. The van der Waals surface area contributed by atoms with Gasteiger partial charge in [-0.2, -0.15) is 0 Å². The normalized spacial score (nSPS) is 20.3. The number of carbonyl (C=O) groups excluding carboxylic acids is 1. The summed E-state index contributed by atoms with van der Waals surface area (Å²) in [5.74, 6) is 1.93. The number of H-pyrrole nitrogens is 1. The minimum Gasteiger partial charge on any atom is -0.496 e. The van der Waals surface area contributed by atoms with Crippen LogP contribution in [-0.4, -0.2) is 35.9 Å². The van der Waals surface area contributed by atoms with Gasteiger partial charge in [0.15, 0.2) is 5.78 Å². The van der Waals surface area contributed by atoms with E-state index in [0.717, 1.165) is 60.4 Å². The number of aromatic amines is 1. The zero-order valence-corrected chi connectivity index (χ0v) is 17.0. The maximum absolute atomic E-state index is 13.1. The molecule has 0 saturated carbocycles. The number of Topliss-reactive ketones (excluding diaryl/α,β-unsaturated/α-hetero) is 1. The minimum absolute atomic E-state index is 0.122. The first-order chi connectivity index (χ1) is 14.2. The van der Waals surface area contributed by atoms with E-state index < -0.39 is 0 Å². The molecule has 0 radical (unpaired) electrons. The number of ether oxygens (including phenoxy) is 1. The molecule has 1 aromatic heterocycles. The van der Waals surface area contributed by atoms with Gasteiger partial charge in [-0.3, -0.25) is 9.69 Å². The summed E-state index contributed by atoms with van der Waals surface area (Å²) in [7, 11) is 1.70. The van der Waals surface area contributed by atoms with Gasteiger partial charge in [-0.25, -0.2) is 0 Å². The Morgan fingerprint density at radius 2 is 1.86 bits per heavy atom. The third-order valence-corrected chi connectivity index (χ3v) is 6.75. The first-order valence-corrected chi connectivity index (χ1v) is 10.7. The fourth-order valence-corrected chi connectivity index (χ4v) is 5.22. The van der Waals surface area contributed by atoms with Gasteiger partial charge in [-0.15, -0.1) is 0 Å². The SMILES string of the molecule is COc1cccc2[nH]c3c(c12)CC(CC1CCN(Cc2ccccc2)CC1)C3=O. The van der Waals surface area contributed by atoms with Crippen LogP contribution in [-0.2, 0) is 13.0 Å². The highest BCUT2D eigenvalue weighted by Crippen LogP contribution is 2.40. The van der Waals surface area contributed by atoms with Crippen molar-refractivity contribution >= 4 is 16.7 Å². The van der Waals surface area contributed by atoms with Gasteiger partial charge in [0.25, 0.3) is 0 Å². The lowest BCUT2D eigenvalue weighted by atomic mass is 9.85. The van der Waals surface area contributed by atoms with Gasteiger partial charge < -0.3 is 9.72 Å². The summed E-state index contributed by atoms with van der Waals surface area (Å²) in [6.45, 7) is 3.29. The number of nitrogens with zero attached hydrogens (tertiary/aromatic N) is 1. The summed E-state index contributed by atoms with van der Waals surface area (Å²) >= 11 is 0. The summed E-state index contributed by atoms with van der Waals surface area (Å²) in [6.07, 6.45) is 4.24. The molecule has 0 amide bonds. The molecule has 2 heterocycles. The molecule has 5 rings (SSSR count). The van der Waals surface area contributed by atoms with Crippen molar-refractivity contribution < 1.29 is 9.53 Å². The lowest BCUT2D eigenvalue weighted by Gasteiger charge is -2.33. The summed E-state index contributed by atoms with van der Waals surface area (Å²) in [5, 5.41) is 1.10. The zero-order chi connectivity index (χ0) is 19.8. The maximum atomic E-state index is 13.1. The third kappa shape index (κ3) is 3.46. The Kier molecular flexibility index (Phi) is 4.88. The molecule has 1 aliphatic carbocycles. The molecule has 0 spiro atoms. The second-order valence-corrected chi connectivity index (χ2v) is 8.57. The number of fused-ring (bicyclic) bond motifs is 3. The van der Waals surface area contributed by atoms with Crippen molar-refractivity contribution in [2.45, 2.75) is 32.2 Å². The van der Waals surface area contributed by atoms with Gasteiger partial charge in [0, 0.05) is 23.4 Å². The van der Waals surface area contributed by atoms with Crippen LogP contribution in [0.2, 0.25) is 0 Å². The number of aromatic nitrogens is 1. The Balaban J connectivity index is 1.22. The Bertz CT molecular complexity index is 1020. The number of ketones is 1. The molecule has 29 heavy (non-hydrogen) atoms. The van der Waals surface area contributed by atoms with E-state index in [1.807, 2.05) is 18.2 Å². The summed E-state index contributed by atoms with van der Waals surface area (Å²) in [4.78, 5) is 19.0. The molecule has 1 saturated heterocycles. The van der Waals surface area contributed by atoms with Crippen LogP contribution in [0.25, 0.3) is 10.9 Å². The number of benzene rings is 2. The van der Waals surface area contributed by atoms with Crippen molar-refractivity contribution in [3.63, 3.8) is 0 Å². The molecule has 2 aliphatic rings. The smallest absolute Gasteiger partial charge is 0.182 e. The predicted octanol–water partition coefficient (Wildman–Crippen LogP) is 4.83. The Hall–Kier alpha value is -2.59. The van der Waals surface area contributed by atoms with Crippen molar-refractivity contribution in [1.29, 1.82) is 0 Å². The van der Waals surface area contributed by atoms with Gasteiger partial charge in [-0.1, -0.05) is 36.4 Å². The van der Waals surface area contributed by atoms with E-state index in [-0.39, 0.29) is 5.92 Å². The fraction of sp³-hybridized carbons (Fsp3) is 0.400. The quantitative estimate of drug-likeness (QED) is 0.681. The molecule has 0 bridgehead atoms. The lowest BCUT2D eigenvalue weighted by Crippen LogP contribution is -2.34. The predicted molar refractivity (Wildman–Crippen MR) is 115 cm³/mol. The van der Waals surface area contributed by atoms with Crippen LogP contribution in [0.1, 0.15) is 40.9 Å². The molecular weight excluding hydrogens is 360 g/mol. The first kappa shape index (κ1) is 18.4. The number of likely N-dealkylation sites (tertiary alicyclic amines) is 1. The molecule has 3 aromatic rings. The summed E-state index contributed by atoms with van der Waals surface area (Å²) in [5.41, 5.74) is 4.37. The fourth-order valence-electron chi connectivity index (χ4n) is 5.22. The molecule has 1 fully saturated rings. The number of hydrogen-bond acceptors (Lipinski definition) is 3. The monoisotopic (exact) mass is 388 g/mol. The topological polar surface area (TPSA) is 45.3 Å². The molecule has 4 heteroatoms. The number of nitrogens with one attached hydrogen (secondary N) is 1. The van der Waals surface area contributed by atoms with Gasteiger partial charge in [-0.05, 0) is 68.0 Å². The van der Waals surface area contributed by atoms with Crippen molar-refractivity contribution in [3.05, 3.63) is 65.4 Å². The molecule has 1 atom stereocenters. The van der Waals surface area contributed by atoms with Crippen molar-refractivity contribution in [1.82, 2.24) is 9.88 Å². The molecule has 1 unspecified atom stereocenters. The van der Waals surface area contributed by atoms with Crippen molar-refractivity contribution in [2.75, 3.05) is 20.2 Å². The number of piperidine rings is 1. The highest BCUT2D eigenvalue weighted by molar-refractivity contribution is 6.08. The van der Waals surface area contributed by atoms with Crippen LogP contribution < -0.4 is 4.74 Å². The van der Waals surface area contributed by atoms with Crippen molar-refractivity contribution in [2.24, 2.45) is 11.8 Å². The van der Waals surface area contributed by atoms with E-state index in [9.17, 15) is 4.79 Å². The van der Waals surface area contributed by atoms with Crippen LogP contribution in [0.15, 0.2) is 48.5 Å². The highest BCUT2D eigenvalue weighted by atomic mass is 16.5. The highest BCUT2D eigenvalue weighted by Gasteiger charge is 2.36.